The number of hydrogen-bond donors (Lipinski definition) is 1. The summed E-state index contributed by atoms with van der Waals surface area (Å²) in [5.74, 6) is 0. The third kappa shape index (κ3) is 2.34. The Hall–Kier alpha value is -1.32. The molecule has 0 saturated carbocycles. The maximum Gasteiger partial charge on any atom is 0.147 e. The molecule has 0 aliphatic carbocycles. The average Bonchev–Trinajstić information content (AvgIpc) is 2.20. The summed E-state index contributed by atoms with van der Waals surface area (Å²) in [6.07, 6.45) is -0.499. The maximum absolute atomic E-state index is 10.4. The minimum atomic E-state index is -1.18. The van der Waals surface area contributed by atoms with E-state index in [2.05, 4.69) is 0 Å². The minimum absolute atomic E-state index is 0.202. The summed E-state index contributed by atoms with van der Waals surface area (Å²) in [7, 11) is 0. The number of rotatable bonds is 3. The van der Waals surface area contributed by atoms with Gasteiger partial charge in [0.2, 0.25) is 0 Å². The predicted octanol–water partition coefficient (Wildman–Crippen LogP) is 0.816. The van der Waals surface area contributed by atoms with Crippen LogP contribution in [0.1, 0.15) is 11.7 Å². The second-order valence-corrected chi connectivity index (χ2v) is 3.13. The van der Waals surface area contributed by atoms with Crippen molar-refractivity contribution in [3.8, 4) is 0 Å². The van der Waals surface area contributed by atoms with Gasteiger partial charge in [0.05, 0.1) is 0 Å². The first-order valence-electron chi connectivity index (χ1n) is 3.89. The Morgan fingerprint density at radius 3 is 2.43 bits per heavy atom. The van der Waals surface area contributed by atoms with E-state index in [0.717, 1.165) is 0 Å². The Kier molecular flexibility index (Phi) is 3.68. The van der Waals surface area contributed by atoms with Gasteiger partial charge in [0.1, 0.15) is 12.4 Å². The molecule has 0 aliphatic heterocycles. The molecule has 0 aromatic heterocycles. The van der Waals surface area contributed by atoms with Gasteiger partial charge in [-0.15, -0.1) is 6.26 Å². The fourth-order valence-electron chi connectivity index (χ4n) is 0.994. The zero-order valence-electron chi connectivity index (χ0n) is 7.18. The number of aliphatic hydroxyl groups excluding tert-OH is 1. The van der Waals surface area contributed by atoms with Crippen molar-refractivity contribution >= 4 is 17.9 Å². The number of benzene rings is 1. The quantitative estimate of drug-likeness (QED) is 0.457. The zero-order valence-corrected chi connectivity index (χ0v) is 7.94. The lowest BCUT2D eigenvalue weighted by Crippen LogP contribution is -2.06. The molecule has 0 fully saturated rings. The van der Waals surface area contributed by atoms with Crippen LogP contribution >= 0.6 is 11.6 Å². The molecule has 1 aromatic carbocycles. The minimum Gasteiger partial charge on any atom is -0.878 e. The summed E-state index contributed by atoms with van der Waals surface area (Å²) in [6, 6.07) is 6.26. The summed E-state index contributed by atoms with van der Waals surface area (Å²) in [6.45, 7) is 0. The fourth-order valence-corrected chi connectivity index (χ4v) is 1.12. The van der Waals surface area contributed by atoms with Crippen molar-refractivity contribution in [2.75, 3.05) is 0 Å². The van der Waals surface area contributed by atoms with Crippen LogP contribution in [-0.4, -0.2) is 11.4 Å². The molecule has 1 N–H and O–H groups in total. The van der Waals surface area contributed by atoms with Gasteiger partial charge in [0.15, 0.2) is 0 Å². The van der Waals surface area contributed by atoms with Crippen molar-refractivity contribution in [2.45, 2.75) is 6.10 Å². The van der Waals surface area contributed by atoms with E-state index >= 15 is 0 Å². The molecule has 14 heavy (non-hydrogen) atoms. The topological polar surface area (TPSA) is 60.4 Å². The molecule has 1 unspecified atom stereocenters. The summed E-state index contributed by atoms with van der Waals surface area (Å²) < 4.78 is 0. The van der Waals surface area contributed by atoms with E-state index in [9.17, 15) is 15.0 Å². The van der Waals surface area contributed by atoms with E-state index in [4.69, 9.17) is 11.6 Å². The van der Waals surface area contributed by atoms with Crippen LogP contribution in [0.25, 0.3) is 0 Å². The number of aliphatic hydroxyl groups is 1. The Bertz CT molecular complexity index is 343. The smallest absolute Gasteiger partial charge is 0.147 e. The van der Waals surface area contributed by atoms with Crippen molar-refractivity contribution < 1.29 is 15.0 Å². The molecule has 0 saturated heterocycles. The predicted molar refractivity (Wildman–Crippen MR) is 50.6 cm³/mol. The lowest BCUT2D eigenvalue weighted by molar-refractivity contribution is -0.276. The standard InChI is InChI=1S/C10H9ClO3/c11-9-3-1-7(2-4-9)10(14)8(5-12)6-13/h1-6,10,12,14H/p-1/b8-5+. The molecule has 1 aromatic rings. The number of carbonyl (C=O) groups is 1. The van der Waals surface area contributed by atoms with Crippen LogP contribution in [-0.2, 0) is 4.79 Å². The molecular weight excluding hydrogens is 204 g/mol. The lowest BCUT2D eigenvalue weighted by Gasteiger charge is -2.12. The number of aldehydes is 1. The summed E-state index contributed by atoms with van der Waals surface area (Å²) in [5, 5.41) is 20.4. The molecule has 0 aliphatic rings. The highest BCUT2D eigenvalue weighted by Crippen LogP contribution is 2.21. The van der Waals surface area contributed by atoms with Gasteiger partial charge >= 0.3 is 0 Å². The molecule has 3 nitrogen and oxygen atoms in total. The van der Waals surface area contributed by atoms with Crippen molar-refractivity contribution in [2.24, 2.45) is 0 Å². The van der Waals surface area contributed by atoms with Gasteiger partial charge in [0, 0.05) is 10.6 Å². The number of carbonyl (C=O) groups excluding carboxylic acids is 1. The van der Waals surface area contributed by atoms with Crippen molar-refractivity contribution in [3.63, 3.8) is 0 Å². The summed E-state index contributed by atoms with van der Waals surface area (Å²) >= 11 is 5.64. The summed E-state index contributed by atoms with van der Waals surface area (Å²) in [4.78, 5) is 10.4. The van der Waals surface area contributed by atoms with Gasteiger partial charge in [-0.3, -0.25) is 4.79 Å². The van der Waals surface area contributed by atoms with Crippen LogP contribution in [0.15, 0.2) is 36.1 Å². The molecular formula is C10H8ClO3-. The highest BCUT2D eigenvalue weighted by molar-refractivity contribution is 6.30. The van der Waals surface area contributed by atoms with Crippen molar-refractivity contribution in [1.82, 2.24) is 0 Å². The van der Waals surface area contributed by atoms with E-state index < -0.39 is 6.10 Å². The first-order chi connectivity index (χ1) is 6.69. The van der Waals surface area contributed by atoms with Crippen molar-refractivity contribution in [3.05, 3.63) is 46.7 Å². The van der Waals surface area contributed by atoms with Crippen LogP contribution < -0.4 is 5.11 Å². The van der Waals surface area contributed by atoms with Crippen LogP contribution in [0.5, 0.6) is 0 Å². The molecule has 0 spiro atoms. The van der Waals surface area contributed by atoms with Gasteiger partial charge in [-0.1, -0.05) is 23.7 Å². The molecule has 0 heterocycles. The van der Waals surface area contributed by atoms with Crippen LogP contribution in [0.2, 0.25) is 5.02 Å². The Morgan fingerprint density at radius 1 is 1.43 bits per heavy atom. The zero-order chi connectivity index (χ0) is 10.6. The average molecular weight is 212 g/mol. The monoisotopic (exact) mass is 211 g/mol. The molecule has 74 valence electrons. The number of halogens is 1. The van der Waals surface area contributed by atoms with E-state index in [1.807, 2.05) is 0 Å². The number of hydrogen-bond acceptors (Lipinski definition) is 3. The highest BCUT2D eigenvalue weighted by Gasteiger charge is 2.10. The third-order valence-electron chi connectivity index (χ3n) is 1.77. The van der Waals surface area contributed by atoms with E-state index in [1.54, 1.807) is 24.3 Å². The largest absolute Gasteiger partial charge is 0.878 e. The molecule has 0 amide bonds. The van der Waals surface area contributed by atoms with Gasteiger partial charge in [-0.25, -0.2) is 0 Å². The van der Waals surface area contributed by atoms with Crippen LogP contribution in [0.3, 0.4) is 0 Å². The fraction of sp³-hybridized carbons (Fsp3) is 0.100. The molecule has 1 atom stereocenters. The molecule has 0 bridgehead atoms. The first-order valence-corrected chi connectivity index (χ1v) is 4.27. The van der Waals surface area contributed by atoms with E-state index in [-0.39, 0.29) is 5.57 Å². The Morgan fingerprint density at radius 2 is 2.00 bits per heavy atom. The van der Waals surface area contributed by atoms with Gasteiger partial charge in [0.25, 0.3) is 0 Å². The molecule has 0 radical (unpaired) electrons. The third-order valence-corrected chi connectivity index (χ3v) is 2.03. The van der Waals surface area contributed by atoms with E-state index in [0.29, 0.717) is 23.1 Å². The van der Waals surface area contributed by atoms with E-state index in [1.165, 1.54) is 0 Å². The normalized spacial score (nSPS) is 13.7. The van der Waals surface area contributed by atoms with Crippen molar-refractivity contribution in [1.29, 1.82) is 0 Å². The van der Waals surface area contributed by atoms with Gasteiger partial charge in [-0.2, -0.15) is 0 Å². The second kappa shape index (κ2) is 4.79. The SMILES string of the molecule is O=C/C(=C\[O-])C(O)c1ccc(Cl)cc1. The Labute approximate surface area is 86.3 Å². The van der Waals surface area contributed by atoms with Gasteiger partial charge < -0.3 is 10.2 Å². The highest BCUT2D eigenvalue weighted by atomic mass is 35.5. The first kappa shape index (κ1) is 10.8. The van der Waals surface area contributed by atoms with Crippen LogP contribution in [0, 0.1) is 0 Å². The van der Waals surface area contributed by atoms with Gasteiger partial charge in [-0.05, 0) is 17.7 Å². The lowest BCUT2D eigenvalue weighted by atomic mass is 10.0. The molecule has 1 rings (SSSR count). The second-order valence-electron chi connectivity index (χ2n) is 2.69. The Balaban J connectivity index is 2.94. The molecule has 4 heteroatoms. The van der Waals surface area contributed by atoms with Crippen LogP contribution in [0.4, 0.5) is 0 Å². The summed E-state index contributed by atoms with van der Waals surface area (Å²) in [5.41, 5.74) is 0.260. The maximum atomic E-state index is 10.4.